The van der Waals surface area contributed by atoms with Gasteiger partial charge in [0.1, 0.15) is 59.6 Å². The van der Waals surface area contributed by atoms with Crippen LogP contribution in [0.3, 0.4) is 0 Å². The number of aliphatic hydroxyl groups is 4. The van der Waals surface area contributed by atoms with Crippen LogP contribution in [0.25, 0.3) is 0 Å². The Morgan fingerprint density at radius 2 is 1.78 bits per heavy atom. The van der Waals surface area contributed by atoms with Crippen molar-refractivity contribution in [1.82, 2.24) is 0 Å². The van der Waals surface area contributed by atoms with E-state index in [2.05, 4.69) is 0 Å². The van der Waals surface area contributed by atoms with Gasteiger partial charge < -0.3 is 49.6 Å². The first kappa shape index (κ1) is 23.6. The van der Waals surface area contributed by atoms with Crippen LogP contribution in [-0.4, -0.2) is 81.0 Å². The summed E-state index contributed by atoms with van der Waals surface area (Å²) in [5.41, 5.74) is -0.0174. The van der Waals surface area contributed by atoms with Crippen LogP contribution in [0.1, 0.15) is 15.9 Å². The molecule has 2 aromatic carbocycles. The molecule has 6 N–H and O–H groups in total. The van der Waals surface area contributed by atoms with Crippen LogP contribution in [0.5, 0.6) is 23.0 Å². The number of phenolic OH excluding ortho intramolecular Hbond substituents is 2. The number of carbonyl (C=O) groups excluding carboxylic acids is 1. The van der Waals surface area contributed by atoms with E-state index < -0.39 is 49.9 Å². The fraction of sp³-hybridized carbons (Fsp3) is 0.381. The van der Waals surface area contributed by atoms with Crippen LogP contribution < -0.4 is 9.47 Å². The molecule has 0 bridgehead atoms. The quantitative estimate of drug-likeness (QED) is 0.303. The average molecular weight is 452 g/mol. The highest BCUT2D eigenvalue weighted by molar-refractivity contribution is 5.95. The largest absolute Gasteiger partial charge is 0.508 e. The second-order valence-corrected chi connectivity index (χ2v) is 7.04. The van der Waals surface area contributed by atoms with Crippen LogP contribution in [0.15, 0.2) is 36.4 Å². The first-order valence-corrected chi connectivity index (χ1v) is 9.59. The molecule has 1 heterocycles. The molecule has 11 nitrogen and oxygen atoms in total. The Hall–Kier alpha value is -3.09. The summed E-state index contributed by atoms with van der Waals surface area (Å²) >= 11 is 0. The molecule has 1 aliphatic heterocycles. The lowest BCUT2D eigenvalue weighted by molar-refractivity contribution is -0.277. The third kappa shape index (κ3) is 4.87. The van der Waals surface area contributed by atoms with Crippen molar-refractivity contribution in [2.24, 2.45) is 0 Å². The monoisotopic (exact) mass is 452 g/mol. The second-order valence-electron chi connectivity index (χ2n) is 7.04. The van der Waals surface area contributed by atoms with Gasteiger partial charge in [0.25, 0.3) is 0 Å². The Kier molecular flexibility index (Phi) is 7.38. The number of hydrogen-bond donors (Lipinski definition) is 6. The minimum Gasteiger partial charge on any atom is -0.508 e. The van der Waals surface area contributed by atoms with Crippen molar-refractivity contribution < 1.29 is 54.4 Å². The number of aromatic hydroxyl groups is 2. The normalized spacial score (nSPS) is 25.2. The summed E-state index contributed by atoms with van der Waals surface area (Å²) < 4.78 is 21.2. The van der Waals surface area contributed by atoms with Gasteiger partial charge in [-0.3, -0.25) is 0 Å². The van der Waals surface area contributed by atoms with E-state index in [0.29, 0.717) is 0 Å². The van der Waals surface area contributed by atoms with Crippen molar-refractivity contribution in [3.05, 3.63) is 47.5 Å². The van der Waals surface area contributed by atoms with Gasteiger partial charge in [0.15, 0.2) is 0 Å². The summed E-state index contributed by atoms with van der Waals surface area (Å²) in [6, 6.07) is 8.10. The van der Waals surface area contributed by atoms with E-state index in [1.807, 2.05) is 0 Å². The molecule has 0 saturated carbocycles. The van der Waals surface area contributed by atoms with Crippen molar-refractivity contribution >= 4 is 5.97 Å². The lowest BCUT2D eigenvalue weighted by Crippen LogP contribution is -2.60. The number of benzene rings is 2. The van der Waals surface area contributed by atoms with Crippen LogP contribution in [0.4, 0.5) is 0 Å². The molecule has 1 saturated heterocycles. The number of ether oxygens (including phenoxy) is 4. The summed E-state index contributed by atoms with van der Waals surface area (Å²) in [4.78, 5) is 12.5. The van der Waals surface area contributed by atoms with Gasteiger partial charge in [0.2, 0.25) is 6.29 Å². The lowest BCUT2D eigenvalue weighted by atomic mass is 9.99. The minimum absolute atomic E-state index is 0.0316. The number of phenols is 2. The first-order valence-electron chi connectivity index (χ1n) is 9.59. The van der Waals surface area contributed by atoms with Gasteiger partial charge in [0, 0.05) is 5.56 Å². The van der Waals surface area contributed by atoms with E-state index >= 15 is 0 Å². The summed E-state index contributed by atoms with van der Waals surface area (Å²) in [5.74, 6) is -1.28. The maximum Gasteiger partial charge on any atom is 0.346 e. The third-order valence-corrected chi connectivity index (χ3v) is 4.92. The van der Waals surface area contributed by atoms with Crippen molar-refractivity contribution in [2.45, 2.75) is 37.3 Å². The molecule has 32 heavy (non-hydrogen) atoms. The average Bonchev–Trinajstić information content (AvgIpc) is 2.78. The van der Waals surface area contributed by atoms with Crippen LogP contribution >= 0.6 is 0 Å². The molecular formula is C21H24O11. The molecular weight excluding hydrogens is 428 g/mol. The SMILES string of the molecule is COc1cccc(O)c1C(=O)OCc1cc(O)ccc1O[C@@H]1O[C@H](CO)[C@@H](O)[C@H](O)[C@H]1O. The van der Waals surface area contributed by atoms with E-state index in [9.17, 15) is 35.4 Å². The molecule has 0 amide bonds. The van der Waals surface area contributed by atoms with Gasteiger partial charge in [-0.2, -0.15) is 0 Å². The topological polar surface area (TPSA) is 175 Å². The number of aliphatic hydroxyl groups excluding tert-OH is 4. The van der Waals surface area contributed by atoms with Crippen LogP contribution in [0, 0.1) is 0 Å². The van der Waals surface area contributed by atoms with E-state index in [-0.39, 0.29) is 34.1 Å². The molecule has 0 aromatic heterocycles. The molecule has 0 aliphatic carbocycles. The maximum absolute atomic E-state index is 12.5. The van der Waals surface area contributed by atoms with Gasteiger partial charge in [-0.15, -0.1) is 0 Å². The molecule has 2 aromatic rings. The molecule has 5 atom stereocenters. The number of carbonyl (C=O) groups is 1. The van der Waals surface area contributed by atoms with E-state index in [4.69, 9.17) is 18.9 Å². The Balaban J connectivity index is 1.78. The zero-order valence-electron chi connectivity index (χ0n) is 17.0. The molecule has 0 radical (unpaired) electrons. The molecule has 0 spiro atoms. The lowest BCUT2D eigenvalue weighted by Gasteiger charge is -2.39. The third-order valence-electron chi connectivity index (χ3n) is 4.92. The number of hydrogen-bond acceptors (Lipinski definition) is 11. The summed E-state index contributed by atoms with van der Waals surface area (Å²) in [7, 11) is 1.33. The van der Waals surface area contributed by atoms with Crippen LogP contribution in [-0.2, 0) is 16.1 Å². The van der Waals surface area contributed by atoms with Gasteiger partial charge in [0.05, 0.1) is 13.7 Å². The number of rotatable bonds is 7. The van der Waals surface area contributed by atoms with Crippen molar-refractivity contribution in [1.29, 1.82) is 0 Å². The maximum atomic E-state index is 12.5. The minimum atomic E-state index is -1.65. The number of methoxy groups -OCH3 is 1. The van der Waals surface area contributed by atoms with E-state index in [1.165, 1.54) is 43.5 Å². The molecule has 174 valence electrons. The molecule has 1 fully saturated rings. The van der Waals surface area contributed by atoms with Gasteiger partial charge in [-0.1, -0.05) is 6.07 Å². The Morgan fingerprint density at radius 1 is 1.03 bits per heavy atom. The molecule has 3 rings (SSSR count). The zero-order valence-corrected chi connectivity index (χ0v) is 17.0. The van der Waals surface area contributed by atoms with Gasteiger partial charge >= 0.3 is 5.97 Å². The summed E-state index contributed by atoms with van der Waals surface area (Å²) in [5, 5.41) is 59.1. The predicted molar refractivity (Wildman–Crippen MR) is 106 cm³/mol. The fourth-order valence-corrected chi connectivity index (χ4v) is 3.19. The predicted octanol–water partition coefficient (Wildman–Crippen LogP) is -0.358. The molecule has 11 heteroatoms. The zero-order chi connectivity index (χ0) is 23.4. The fourth-order valence-electron chi connectivity index (χ4n) is 3.19. The van der Waals surface area contributed by atoms with Crippen LogP contribution in [0.2, 0.25) is 0 Å². The highest BCUT2D eigenvalue weighted by atomic mass is 16.7. The van der Waals surface area contributed by atoms with Crippen molar-refractivity contribution in [2.75, 3.05) is 13.7 Å². The summed E-state index contributed by atoms with van der Waals surface area (Å²) in [6.07, 6.45) is -7.49. The Bertz CT molecular complexity index is 945. The molecule has 1 aliphatic rings. The van der Waals surface area contributed by atoms with Crippen molar-refractivity contribution in [3.63, 3.8) is 0 Å². The summed E-state index contributed by atoms with van der Waals surface area (Å²) in [6.45, 7) is -1.04. The smallest absolute Gasteiger partial charge is 0.346 e. The molecule has 0 unspecified atom stereocenters. The number of esters is 1. The van der Waals surface area contributed by atoms with Gasteiger partial charge in [-0.05, 0) is 30.3 Å². The first-order chi connectivity index (χ1) is 15.3. The Labute approximate surface area is 182 Å². The second kappa shape index (κ2) is 10.0. The van der Waals surface area contributed by atoms with Gasteiger partial charge in [-0.25, -0.2) is 4.79 Å². The highest BCUT2D eigenvalue weighted by Gasteiger charge is 2.44. The highest BCUT2D eigenvalue weighted by Crippen LogP contribution is 2.31. The van der Waals surface area contributed by atoms with E-state index in [1.54, 1.807) is 0 Å². The van der Waals surface area contributed by atoms with E-state index in [0.717, 1.165) is 0 Å². The standard InChI is InChI=1S/C21H24O11/c1-29-14-4-2-3-12(24)16(14)20(28)30-9-10-7-11(23)5-6-13(10)31-21-19(27)18(26)17(25)15(8-22)32-21/h2-7,15,17-19,21-27H,8-9H2,1H3/t15-,17-,18+,19-,21-/m1/s1. The van der Waals surface area contributed by atoms with Crippen molar-refractivity contribution in [3.8, 4) is 23.0 Å². The Morgan fingerprint density at radius 3 is 2.47 bits per heavy atom.